The van der Waals surface area contributed by atoms with Gasteiger partial charge in [0.15, 0.2) is 5.75 Å². The summed E-state index contributed by atoms with van der Waals surface area (Å²) >= 11 is 3.36. The first kappa shape index (κ1) is 12.6. The van der Waals surface area contributed by atoms with Crippen LogP contribution in [0.3, 0.4) is 0 Å². The largest absolute Gasteiger partial charge is 0.493 e. The van der Waals surface area contributed by atoms with E-state index >= 15 is 0 Å². The lowest BCUT2D eigenvalue weighted by atomic mass is 10.1. The summed E-state index contributed by atoms with van der Waals surface area (Å²) in [7, 11) is 1.55. The van der Waals surface area contributed by atoms with E-state index in [1.54, 1.807) is 12.0 Å². The molecule has 1 aliphatic rings. The van der Waals surface area contributed by atoms with Crippen LogP contribution in [0.2, 0.25) is 0 Å². The standard InChI is InChI=1S/C12H14BrF2NO/c1-17-11-9(13)4-2-5-10(11)16-7-3-6-12(14,15)8-16/h2,4-5H,3,6-8H2,1H3. The topological polar surface area (TPSA) is 12.5 Å². The van der Waals surface area contributed by atoms with Crippen LogP contribution in [0.1, 0.15) is 12.8 Å². The zero-order chi connectivity index (χ0) is 12.5. The van der Waals surface area contributed by atoms with E-state index in [1.165, 1.54) is 0 Å². The average Bonchev–Trinajstić information content (AvgIpc) is 2.27. The van der Waals surface area contributed by atoms with Gasteiger partial charge in [-0.2, -0.15) is 0 Å². The molecule has 5 heteroatoms. The third-order valence-electron chi connectivity index (χ3n) is 2.88. The fraction of sp³-hybridized carbons (Fsp3) is 0.500. The van der Waals surface area contributed by atoms with Gasteiger partial charge in [0.1, 0.15) is 0 Å². The number of hydrogen-bond acceptors (Lipinski definition) is 2. The van der Waals surface area contributed by atoms with E-state index in [0.717, 1.165) is 10.2 Å². The molecule has 1 aromatic carbocycles. The first-order valence-corrected chi connectivity index (χ1v) is 6.28. The molecule has 1 heterocycles. The van der Waals surface area contributed by atoms with E-state index in [2.05, 4.69) is 15.9 Å². The van der Waals surface area contributed by atoms with Crippen molar-refractivity contribution in [3.8, 4) is 5.75 Å². The van der Waals surface area contributed by atoms with Crippen molar-refractivity contribution >= 4 is 21.6 Å². The molecule has 2 rings (SSSR count). The van der Waals surface area contributed by atoms with Crippen LogP contribution in [-0.2, 0) is 0 Å². The van der Waals surface area contributed by atoms with E-state index < -0.39 is 5.92 Å². The van der Waals surface area contributed by atoms with Gasteiger partial charge in [-0.15, -0.1) is 0 Å². The van der Waals surface area contributed by atoms with Crippen molar-refractivity contribution < 1.29 is 13.5 Å². The molecule has 1 aromatic rings. The minimum Gasteiger partial charge on any atom is -0.493 e. The second-order valence-corrected chi connectivity index (χ2v) is 5.03. The van der Waals surface area contributed by atoms with E-state index in [4.69, 9.17) is 4.74 Å². The lowest BCUT2D eigenvalue weighted by Crippen LogP contribution is -2.42. The fourth-order valence-corrected chi connectivity index (χ4v) is 2.64. The van der Waals surface area contributed by atoms with Crippen molar-refractivity contribution in [1.82, 2.24) is 0 Å². The molecule has 0 amide bonds. The smallest absolute Gasteiger partial charge is 0.265 e. The number of anilines is 1. The second-order valence-electron chi connectivity index (χ2n) is 4.17. The summed E-state index contributed by atoms with van der Waals surface area (Å²) in [5.41, 5.74) is 0.723. The molecule has 94 valence electrons. The van der Waals surface area contributed by atoms with Gasteiger partial charge < -0.3 is 9.64 Å². The Hall–Kier alpha value is -0.840. The quantitative estimate of drug-likeness (QED) is 0.826. The van der Waals surface area contributed by atoms with Gasteiger partial charge in [0.05, 0.1) is 23.8 Å². The maximum atomic E-state index is 13.4. The molecule has 1 saturated heterocycles. The highest BCUT2D eigenvalue weighted by Gasteiger charge is 2.36. The Morgan fingerprint density at radius 3 is 2.82 bits per heavy atom. The molecule has 0 bridgehead atoms. The lowest BCUT2D eigenvalue weighted by Gasteiger charge is -2.34. The summed E-state index contributed by atoms with van der Waals surface area (Å²) in [5.74, 6) is -1.99. The van der Waals surface area contributed by atoms with Crippen LogP contribution in [-0.4, -0.2) is 26.1 Å². The monoisotopic (exact) mass is 305 g/mol. The van der Waals surface area contributed by atoms with Gasteiger partial charge >= 0.3 is 0 Å². The Bertz CT molecular complexity index is 411. The average molecular weight is 306 g/mol. The van der Waals surface area contributed by atoms with Crippen LogP contribution >= 0.6 is 15.9 Å². The summed E-state index contributed by atoms with van der Waals surface area (Å²) in [6, 6.07) is 5.48. The van der Waals surface area contributed by atoms with Crippen LogP contribution in [0.5, 0.6) is 5.75 Å². The lowest BCUT2D eigenvalue weighted by molar-refractivity contribution is -0.0117. The predicted molar refractivity (Wildman–Crippen MR) is 67.1 cm³/mol. The van der Waals surface area contributed by atoms with Gasteiger partial charge in [0, 0.05) is 13.0 Å². The zero-order valence-corrected chi connectivity index (χ0v) is 11.1. The van der Waals surface area contributed by atoms with Crippen LogP contribution in [0.4, 0.5) is 14.5 Å². The minimum atomic E-state index is -2.61. The number of para-hydroxylation sites is 1. The molecular formula is C12H14BrF2NO. The molecule has 0 unspecified atom stereocenters. The SMILES string of the molecule is COc1c(Br)cccc1N1CCCC(F)(F)C1. The van der Waals surface area contributed by atoms with Gasteiger partial charge in [0.2, 0.25) is 0 Å². The molecule has 1 aliphatic heterocycles. The Kier molecular flexibility index (Phi) is 3.56. The van der Waals surface area contributed by atoms with Crippen molar-refractivity contribution in [2.75, 3.05) is 25.1 Å². The highest BCUT2D eigenvalue weighted by molar-refractivity contribution is 9.10. The molecule has 0 radical (unpaired) electrons. The number of ether oxygens (including phenoxy) is 1. The molecule has 17 heavy (non-hydrogen) atoms. The molecule has 0 saturated carbocycles. The summed E-state index contributed by atoms with van der Waals surface area (Å²) in [4.78, 5) is 1.69. The Morgan fingerprint density at radius 2 is 2.18 bits per heavy atom. The highest BCUT2D eigenvalue weighted by atomic mass is 79.9. The Balaban J connectivity index is 2.30. The molecule has 2 nitrogen and oxygen atoms in total. The molecule has 0 spiro atoms. The number of hydrogen-bond donors (Lipinski definition) is 0. The van der Waals surface area contributed by atoms with Gasteiger partial charge in [0.25, 0.3) is 5.92 Å². The fourth-order valence-electron chi connectivity index (χ4n) is 2.12. The van der Waals surface area contributed by atoms with Crippen molar-refractivity contribution in [2.45, 2.75) is 18.8 Å². The summed E-state index contributed by atoms with van der Waals surface area (Å²) in [6.45, 7) is 0.405. The number of methoxy groups -OCH3 is 1. The minimum absolute atomic E-state index is 0.0280. The van der Waals surface area contributed by atoms with Crippen molar-refractivity contribution in [3.63, 3.8) is 0 Å². The summed E-state index contributed by atoms with van der Waals surface area (Å²) in [5, 5.41) is 0. The highest BCUT2D eigenvalue weighted by Crippen LogP contribution is 2.38. The van der Waals surface area contributed by atoms with E-state index in [-0.39, 0.29) is 13.0 Å². The zero-order valence-electron chi connectivity index (χ0n) is 9.55. The van der Waals surface area contributed by atoms with Gasteiger partial charge in [-0.3, -0.25) is 0 Å². The van der Waals surface area contributed by atoms with Gasteiger partial charge in [-0.1, -0.05) is 6.07 Å². The number of alkyl halides is 2. The number of piperidine rings is 1. The van der Waals surface area contributed by atoms with Gasteiger partial charge in [-0.25, -0.2) is 8.78 Å². The second kappa shape index (κ2) is 4.80. The number of nitrogens with zero attached hydrogens (tertiary/aromatic N) is 1. The van der Waals surface area contributed by atoms with Crippen molar-refractivity contribution in [1.29, 1.82) is 0 Å². The number of rotatable bonds is 2. The normalized spacial score (nSPS) is 19.2. The molecule has 1 fully saturated rings. The van der Waals surface area contributed by atoms with E-state index in [1.807, 2.05) is 18.2 Å². The first-order valence-electron chi connectivity index (χ1n) is 5.49. The van der Waals surface area contributed by atoms with Crippen LogP contribution in [0.25, 0.3) is 0 Å². The van der Waals surface area contributed by atoms with Crippen molar-refractivity contribution in [2.24, 2.45) is 0 Å². The Morgan fingerprint density at radius 1 is 1.41 bits per heavy atom. The third kappa shape index (κ3) is 2.70. The summed E-state index contributed by atoms with van der Waals surface area (Å²) in [6.07, 6.45) is 0.475. The number of halogens is 3. The van der Waals surface area contributed by atoms with Gasteiger partial charge in [-0.05, 0) is 34.5 Å². The molecular weight excluding hydrogens is 292 g/mol. The maximum Gasteiger partial charge on any atom is 0.265 e. The molecule has 0 aromatic heterocycles. The van der Waals surface area contributed by atoms with Crippen molar-refractivity contribution in [3.05, 3.63) is 22.7 Å². The van der Waals surface area contributed by atoms with E-state index in [0.29, 0.717) is 18.7 Å². The third-order valence-corrected chi connectivity index (χ3v) is 3.51. The molecule has 0 N–H and O–H groups in total. The summed E-state index contributed by atoms with van der Waals surface area (Å²) < 4.78 is 32.8. The van der Waals surface area contributed by atoms with E-state index in [9.17, 15) is 8.78 Å². The number of benzene rings is 1. The predicted octanol–water partition coefficient (Wildman–Crippen LogP) is 3.69. The van der Waals surface area contributed by atoms with Crippen LogP contribution in [0.15, 0.2) is 22.7 Å². The molecule has 0 atom stereocenters. The Labute approximate surface area is 108 Å². The van der Waals surface area contributed by atoms with Crippen LogP contribution in [0, 0.1) is 0 Å². The van der Waals surface area contributed by atoms with Crippen LogP contribution < -0.4 is 9.64 Å². The maximum absolute atomic E-state index is 13.4. The first-order chi connectivity index (χ1) is 8.03. The molecule has 0 aliphatic carbocycles.